The molecule has 0 aromatic carbocycles. The van der Waals surface area contributed by atoms with Crippen molar-refractivity contribution in [3.8, 4) is 0 Å². The lowest BCUT2D eigenvalue weighted by atomic mass is 9.95. The van der Waals surface area contributed by atoms with Gasteiger partial charge >= 0.3 is 0 Å². The molecule has 84 valence electrons. The summed E-state index contributed by atoms with van der Waals surface area (Å²) in [6.07, 6.45) is 0. The van der Waals surface area contributed by atoms with E-state index in [4.69, 9.17) is 0 Å². The normalized spacial score (nSPS) is 12.1. The van der Waals surface area contributed by atoms with E-state index >= 15 is 0 Å². The Morgan fingerprint density at radius 1 is 1.13 bits per heavy atom. The minimum Gasteiger partial charge on any atom is -0.330 e. The molecule has 0 aliphatic carbocycles. The summed E-state index contributed by atoms with van der Waals surface area (Å²) in [5, 5.41) is 2.62. The molecule has 0 saturated carbocycles. The number of hydrogen-bond acceptors (Lipinski definition) is 2. The topological polar surface area (TPSA) is 46.2 Å². The van der Waals surface area contributed by atoms with Crippen LogP contribution in [-0.2, 0) is 9.59 Å². The van der Waals surface area contributed by atoms with Gasteiger partial charge in [0.15, 0.2) is 5.78 Å². The summed E-state index contributed by atoms with van der Waals surface area (Å²) in [6.45, 7) is 12.3. The fourth-order valence-corrected chi connectivity index (χ4v) is 1.33. The van der Waals surface area contributed by atoms with Crippen molar-refractivity contribution in [2.24, 2.45) is 5.92 Å². The van der Waals surface area contributed by atoms with Gasteiger partial charge in [0.1, 0.15) is 0 Å². The number of nitrogens with one attached hydrogen (secondary N) is 1. The van der Waals surface area contributed by atoms with Crippen molar-refractivity contribution in [2.45, 2.75) is 34.6 Å². The minimum absolute atomic E-state index is 0.00810. The standard InChI is InChI=1S/C12H19NO2/c1-7(2)11(12(15)8(3)4)9(5)13-10(6)14/h8H,1H2,2-6H3,(H,13,14)/b11-9+. The largest absolute Gasteiger partial charge is 0.330 e. The zero-order chi connectivity index (χ0) is 12.2. The van der Waals surface area contributed by atoms with Crippen LogP contribution in [-0.4, -0.2) is 11.7 Å². The van der Waals surface area contributed by atoms with E-state index < -0.39 is 0 Å². The lowest BCUT2D eigenvalue weighted by Gasteiger charge is -2.13. The Kier molecular flexibility index (Phi) is 4.98. The first kappa shape index (κ1) is 13.6. The Morgan fingerprint density at radius 2 is 1.60 bits per heavy atom. The molecule has 0 aromatic rings. The van der Waals surface area contributed by atoms with Crippen molar-refractivity contribution in [3.05, 3.63) is 23.4 Å². The van der Waals surface area contributed by atoms with Crippen LogP contribution in [0.1, 0.15) is 34.6 Å². The second kappa shape index (κ2) is 5.49. The number of rotatable bonds is 4. The number of hydrogen-bond donors (Lipinski definition) is 1. The van der Waals surface area contributed by atoms with E-state index in [2.05, 4.69) is 11.9 Å². The number of Topliss-reactive ketones (excluding diaryl/α,β-unsaturated/α-hetero) is 1. The van der Waals surface area contributed by atoms with Crippen molar-refractivity contribution >= 4 is 11.7 Å². The maximum Gasteiger partial charge on any atom is 0.221 e. The van der Waals surface area contributed by atoms with Crippen LogP contribution >= 0.6 is 0 Å². The van der Waals surface area contributed by atoms with E-state index in [0.29, 0.717) is 16.8 Å². The van der Waals surface area contributed by atoms with Gasteiger partial charge in [0, 0.05) is 24.1 Å². The van der Waals surface area contributed by atoms with Gasteiger partial charge in [-0.25, -0.2) is 0 Å². The molecule has 0 radical (unpaired) electrons. The van der Waals surface area contributed by atoms with Gasteiger partial charge in [0.05, 0.1) is 0 Å². The first-order valence-electron chi connectivity index (χ1n) is 4.96. The van der Waals surface area contributed by atoms with E-state index in [-0.39, 0.29) is 17.6 Å². The van der Waals surface area contributed by atoms with E-state index in [1.807, 2.05) is 13.8 Å². The van der Waals surface area contributed by atoms with Crippen molar-refractivity contribution < 1.29 is 9.59 Å². The monoisotopic (exact) mass is 209 g/mol. The van der Waals surface area contributed by atoms with Gasteiger partial charge in [-0.15, -0.1) is 0 Å². The molecule has 0 atom stereocenters. The summed E-state index contributed by atoms with van der Waals surface area (Å²) in [5.41, 5.74) is 1.79. The molecular formula is C12H19NO2. The van der Waals surface area contributed by atoms with Crippen molar-refractivity contribution in [3.63, 3.8) is 0 Å². The highest BCUT2D eigenvalue weighted by Gasteiger charge is 2.17. The predicted molar refractivity (Wildman–Crippen MR) is 61.2 cm³/mol. The van der Waals surface area contributed by atoms with Crippen LogP contribution in [0, 0.1) is 5.92 Å². The molecular weight excluding hydrogens is 190 g/mol. The Labute approximate surface area is 91.2 Å². The smallest absolute Gasteiger partial charge is 0.221 e. The molecule has 3 nitrogen and oxygen atoms in total. The number of allylic oxidation sites excluding steroid dienone is 3. The second-order valence-electron chi connectivity index (χ2n) is 3.98. The van der Waals surface area contributed by atoms with Crippen LogP contribution in [0.5, 0.6) is 0 Å². The highest BCUT2D eigenvalue weighted by Crippen LogP contribution is 2.16. The Hall–Kier alpha value is -1.38. The quantitative estimate of drug-likeness (QED) is 0.570. The molecule has 0 aliphatic heterocycles. The van der Waals surface area contributed by atoms with Gasteiger partial charge in [-0.2, -0.15) is 0 Å². The second-order valence-corrected chi connectivity index (χ2v) is 3.98. The lowest BCUT2D eigenvalue weighted by molar-refractivity contribution is -0.118. The van der Waals surface area contributed by atoms with Crippen LogP contribution in [0.15, 0.2) is 23.4 Å². The highest BCUT2D eigenvalue weighted by molar-refractivity contribution is 6.01. The first-order chi connectivity index (χ1) is 6.77. The third-order valence-electron chi connectivity index (χ3n) is 1.94. The fraction of sp³-hybridized carbons (Fsp3) is 0.500. The minimum atomic E-state index is -0.178. The van der Waals surface area contributed by atoms with Gasteiger partial charge in [0.25, 0.3) is 0 Å². The van der Waals surface area contributed by atoms with E-state index in [9.17, 15) is 9.59 Å². The van der Waals surface area contributed by atoms with Gasteiger partial charge in [-0.1, -0.05) is 20.4 Å². The Morgan fingerprint density at radius 3 is 1.87 bits per heavy atom. The molecule has 1 N–H and O–H groups in total. The summed E-state index contributed by atoms with van der Waals surface area (Å²) in [4.78, 5) is 22.7. The average molecular weight is 209 g/mol. The van der Waals surface area contributed by atoms with Crippen LogP contribution in [0.3, 0.4) is 0 Å². The molecule has 0 saturated heterocycles. The molecule has 3 heteroatoms. The average Bonchev–Trinajstić information content (AvgIpc) is 2.01. The van der Waals surface area contributed by atoms with Gasteiger partial charge in [-0.05, 0) is 19.4 Å². The van der Waals surface area contributed by atoms with Gasteiger partial charge in [-0.3, -0.25) is 9.59 Å². The number of amides is 1. The third-order valence-corrected chi connectivity index (χ3v) is 1.94. The summed E-state index contributed by atoms with van der Waals surface area (Å²) in [7, 11) is 0. The summed E-state index contributed by atoms with van der Waals surface area (Å²) >= 11 is 0. The van der Waals surface area contributed by atoms with Crippen molar-refractivity contribution in [2.75, 3.05) is 0 Å². The molecule has 1 amide bonds. The van der Waals surface area contributed by atoms with E-state index in [1.54, 1.807) is 13.8 Å². The van der Waals surface area contributed by atoms with Crippen LogP contribution < -0.4 is 5.32 Å². The zero-order valence-corrected chi connectivity index (χ0v) is 10.1. The predicted octanol–water partition coefficient (Wildman–Crippen LogP) is 2.20. The summed E-state index contributed by atoms with van der Waals surface area (Å²) < 4.78 is 0. The maximum absolute atomic E-state index is 11.8. The molecule has 0 rings (SSSR count). The SMILES string of the molecule is C=C(C)/C(C(=O)C(C)C)=C(/C)NC(C)=O. The number of ketones is 1. The fourth-order valence-electron chi connectivity index (χ4n) is 1.33. The Balaban J connectivity index is 5.20. The third kappa shape index (κ3) is 4.11. The molecule has 0 fully saturated rings. The lowest BCUT2D eigenvalue weighted by Crippen LogP contribution is -2.23. The van der Waals surface area contributed by atoms with Crippen LogP contribution in [0.4, 0.5) is 0 Å². The van der Waals surface area contributed by atoms with Crippen molar-refractivity contribution in [1.82, 2.24) is 5.32 Å². The molecule has 0 unspecified atom stereocenters. The first-order valence-corrected chi connectivity index (χ1v) is 4.96. The van der Waals surface area contributed by atoms with E-state index in [1.165, 1.54) is 6.92 Å². The Bertz CT molecular complexity index is 325. The van der Waals surface area contributed by atoms with Gasteiger partial charge in [0.2, 0.25) is 5.91 Å². The van der Waals surface area contributed by atoms with Gasteiger partial charge < -0.3 is 5.32 Å². The molecule has 0 aliphatic rings. The van der Waals surface area contributed by atoms with Crippen LogP contribution in [0.25, 0.3) is 0 Å². The molecule has 0 heterocycles. The highest BCUT2D eigenvalue weighted by atomic mass is 16.1. The van der Waals surface area contributed by atoms with Crippen LogP contribution in [0.2, 0.25) is 0 Å². The molecule has 15 heavy (non-hydrogen) atoms. The maximum atomic E-state index is 11.8. The summed E-state index contributed by atoms with van der Waals surface area (Å²) in [6, 6.07) is 0. The molecule has 0 bridgehead atoms. The number of carbonyl (C=O) groups is 2. The van der Waals surface area contributed by atoms with E-state index in [0.717, 1.165) is 0 Å². The molecule has 0 spiro atoms. The molecule has 0 aromatic heterocycles. The summed E-state index contributed by atoms with van der Waals surface area (Å²) in [5.74, 6) is -0.267. The number of carbonyl (C=O) groups excluding carboxylic acids is 2. The van der Waals surface area contributed by atoms with Crippen molar-refractivity contribution in [1.29, 1.82) is 0 Å². The zero-order valence-electron chi connectivity index (χ0n) is 10.1.